The van der Waals surface area contributed by atoms with Crippen molar-refractivity contribution in [3.05, 3.63) is 59.4 Å². The predicted octanol–water partition coefficient (Wildman–Crippen LogP) is 2.46. The van der Waals surface area contributed by atoms with Crippen LogP contribution >= 0.6 is 0 Å². The average molecular weight is 414 g/mol. The zero-order valence-corrected chi connectivity index (χ0v) is 17.6. The van der Waals surface area contributed by atoms with Gasteiger partial charge >= 0.3 is 5.97 Å². The first-order valence-corrected chi connectivity index (χ1v) is 9.28. The molecule has 2 aromatic rings. The molecule has 0 fully saturated rings. The molecule has 160 valence electrons. The molecule has 8 heteroatoms. The Bertz CT molecular complexity index is 939. The summed E-state index contributed by atoms with van der Waals surface area (Å²) in [6, 6.07) is 6.42. The highest BCUT2D eigenvalue weighted by Gasteiger charge is 2.17. The molecule has 1 N–H and O–H groups in total. The third-order valence-electron chi connectivity index (χ3n) is 4.56. The summed E-state index contributed by atoms with van der Waals surface area (Å²) in [5, 5.41) is 2.46. The summed E-state index contributed by atoms with van der Waals surface area (Å²) in [5.41, 5.74) is 2.47. The van der Waals surface area contributed by atoms with Crippen molar-refractivity contribution in [3.63, 3.8) is 0 Å². The molecule has 0 atom stereocenters. The van der Waals surface area contributed by atoms with E-state index in [0.717, 1.165) is 11.4 Å². The zero-order valence-electron chi connectivity index (χ0n) is 17.6. The van der Waals surface area contributed by atoms with Crippen molar-refractivity contribution in [1.29, 1.82) is 0 Å². The topological polar surface area (TPSA) is 95.9 Å². The lowest BCUT2D eigenvalue weighted by molar-refractivity contribution is -0.141. The maximum Gasteiger partial charge on any atom is 0.325 e. The summed E-state index contributed by atoms with van der Waals surface area (Å²) >= 11 is 0. The van der Waals surface area contributed by atoms with Crippen LogP contribution in [0.1, 0.15) is 32.1 Å². The van der Waals surface area contributed by atoms with E-state index in [1.807, 2.05) is 18.4 Å². The zero-order chi connectivity index (χ0) is 22.3. The fraction of sp³-hybridized carbons (Fsp3) is 0.318. The molecule has 0 aliphatic carbocycles. The number of amides is 1. The van der Waals surface area contributed by atoms with Crippen LogP contribution in [0.15, 0.2) is 36.9 Å². The Hall–Kier alpha value is -3.55. The third kappa shape index (κ3) is 5.50. The number of aromatic nitrogens is 1. The first-order chi connectivity index (χ1) is 14.3. The number of methoxy groups -OCH3 is 2. The second kappa shape index (κ2) is 10.3. The van der Waals surface area contributed by atoms with Gasteiger partial charge in [0.2, 0.25) is 5.78 Å². The van der Waals surface area contributed by atoms with E-state index in [1.165, 1.54) is 26.4 Å². The van der Waals surface area contributed by atoms with Gasteiger partial charge in [0.05, 0.1) is 14.2 Å². The van der Waals surface area contributed by atoms with E-state index in [1.54, 1.807) is 18.2 Å². The number of ketones is 1. The minimum atomic E-state index is -0.716. The number of Topliss-reactive ketones (excluding diaryl/α,β-unsaturated/α-hetero) is 1. The smallest absolute Gasteiger partial charge is 0.325 e. The molecule has 1 aromatic carbocycles. The average Bonchev–Trinajstić information content (AvgIpc) is 3.03. The number of aryl methyl sites for hydroxylation is 1. The number of hydrogen-bond donors (Lipinski definition) is 1. The van der Waals surface area contributed by atoms with Gasteiger partial charge in [0.25, 0.3) is 5.91 Å². The summed E-state index contributed by atoms with van der Waals surface area (Å²) in [4.78, 5) is 36.7. The number of nitrogens with one attached hydrogen (secondary N) is 1. The predicted molar refractivity (Wildman–Crippen MR) is 111 cm³/mol. The molecule has 30 heavy (non-hydrogen) atoms. The molecule has 1 amide bonds. The minimum Gasteiger partial charge on any atom is -0.497 e. The third-order valence-corrected chi connectivity index (χ3v) is 4.56. The number of ether oxygens (including phenoxy) is 3. The number of hydrogen-bond acceptors (Lipinski definition) is 6. The van der Waals surface area contributed by atoms with Gasteiger partial charge in [-0.15, -0.1) is 6.58 Å². The quantitative estimate of drug-likeness (QED) is 0.365. The summed E-state index contributed by atoms with van der Waals surface area (Å²) in [6.45, 7) is 7.24. The highest BCUT2D eigenvalue weighted by atomic mass is 16.5. The van der Waals surface area contributed by atoms with Crippen molar-refractivity contribution in [2.75, 3.05) is 27.4 Å². The lowest BCUT2D eigenvalue weighted by atomic mass is 10.1. The SMILES string of the molecule is C=CCn1c(C)cc(C(=O)COC(=O)CNC(=O)c2cc(OC)cc(OC)c2)c1C. The Morgan fingerprint density at radius 1 is 1.07 bits per heavy atom. The van der Waals surface area contributed by atoms with Crippen LogP contribution < -0.4 is 14.8 Å². The second-order valence-electron chi connectivity index (χ2n) is 6.55. The van der Waals surface area contributed by atoms with E-state index in [0.29, 0.717) is 23.6 Å². The van der Waals surface area contributed by atoms with E-state index in [9.17, 15) is 14.4 Å². The van der Waals surface area contributed by atoms with Crippen molar-refractivity contribution in [2.24, 2.45) is 0 Å². The van der Waals surface area contributed by atoms with Gasteiger partial charge in [0.1, 0.15) is 18.0 Å². The lowest BCUT2D eigenvalue weighted by Gasteiger charge is -2.09. The van der Waals surface area contributed by atoms with Gasteiger partial charge in [-0.1, -0.05) is 6.08 Å². The highest BCUT2D eigenvalue weighted by Crippen LogP contribution is 2.22. The number of carbonyl (C=O) groups excluding carboxylic acids is 3. The molecule has 0 aliphatic rings. The van der Waals surface area contributed by atoms with Crippen molar-refractivity contribution >= 4 is 17.7 Å². The van der Waals surface area contributed by atoms with Gasteiger partial charge in [-0.2, -0.15) is 0 Å². The monoisotopic (exact) mass is 414 g/mol. The van der Waals surface area contributed by atoms with Gasteiger partial charge in [-0.3, -0.25) is 14.4 Å². The van der Waals surface area contributed by atoms with Crippen LogP contribution in [0.3, 0.4) is 0 Å². The fourth-order valence-corrected chi connectivity index (χ4v) is 2.96. The maximum atomic E-state index is 12.4. The van der Waals surface area contributed by atoms with Crippen molar-refractivity contribution in [1.82, 2.24) is 9.88 Å². The number of benzene rings is 1. The number of rotatable bonds is 10. The van der Waals surface area contributed by atoms with Crippen molar-refractivity contribution in [2.45, 2.75) is 20.4 Å². The molecular weight excluding hydrogens is 388 g/mol. The summed E-state index contributed by atoms with van der Waals surface area (Å²) in [7, 11) is 2.94. The van der Waals surface area contributed by atoms with Gasteiger partial charge < -0.3 is 24.1 Å². The molecule has 2 rings (SSSR count). The van der Waals surface area contributed by atoms with Crippen LogP contribution in [0, 0.1) is 13.8 Å². The Morgan fingerprint density at radius 2 is 1.70 bits per heavy atom. The number of carbonyl (C=O) groups is 3. The Kier molecular flexibility index (Phi) is 7.80. The Balaban J connectivity index is 1.91. The molecule has 0 saturated heterocycles. The fourth-order valence-electron chi connectivity index (χ4n) is 2.96. The molecule has 1 heterocycles. The first kappa shape index (κ1) is 22.7. The van der Waals surface area contributed by atoms with Crippen LogP contribution in [0.4, 0.5) is 0 Å². The van der Waals surface area contributed by atoms with Gasteiger partial charge in [-0.25, -0.2) is 0 Å². The number of esters is 1. The van der Waals surface area contributed by atoms with Gasteiger partial charge in [0.15, 0.2) is 6.61 Å². The largest absolute Gasteiger partial charge is 0.497 e. The van der Waals surface area contributed by atoms with E-state index in [-0.39, 0.29) is 17.9 Å². The van der Waals surface area contributed by atoms with E-state index < -0.39 is 18.5 Å². The summed E-state index contributed by atoms with van der Waals surface area (Å²) < 4.78 is 17.2. The van der Waals surface area contributed by atoms with E-state index >= 15 is 0 Å². The molecule has 0 saturated carbocycles. The minimum absolute atomic E-state index is 0.268. The van der Waals surface area contributed by atoms with Crippen LogP contribution in [0.2, 0.25) is 0 Å². The van der Waals surface area contributed by atoms with Gasteiger partial charge in [-0.05, 0) is 32.0 Å². The molecule has 0 spiro atoms. The van der Waals surface area contributed by atoms with Crippen LogP contribution in [-0.4, -0.2) is 49.6 Å². The number of allylic oxidation sites excluding steroid dienone is 1. The molecule has 0 unspecified atom stereocenters. The van der Waals surface area contributed by atoms with Gasteiger partial charge in [0, 0.05) is 35.1 Å². The van der Waals surface area contributed by atoms with Crippen LogP contribution in [0.25, 0.3) is 0 Å². The van der Waals surface area contributed by atoms with Crippen molar-refractivity contribution < 1.29 is 28.6 Å². The lowest BCUT2D eigenvalue weighted by Crippen LogP contribution is -2.31. The van der Waals surface area contributed by atoms with Crippen LogP contribution in [0.5, 0.6) is 11.5 Å². The molecule has 1 aromatic heterocycles. The molecular formula is C22H26N2O6. The van der Waals surface area contributed by atoms with E-state index in [4.69, 9.17) is 14.2 Å². The molecule has 0 aliphatic heterocycles. The summed E-state index contributed by atoms with van der Waals surface area (Å²) in [5.74, 6) is -0.631. The first-order valence-electron chi connectivity index (χ1n) is 9.28. The molecule has 8 nitrogen and oxygen atoms in total. The van der Waals surface area contributed by atoms with Crippen LogP contribution in [-0.2, 0) is 16.1 Å². The Morgan fingerprint density at radius 3 is 2.27 bits per heavy atom. The maximum absolute atomic E-state index is 12.4. The molecule has 0 radical (unpaired) electrons. The second-order valence-corrected chi connectivity index (χ2v) is 6.55. The Labute approximate surface area is 175 Å². The standard InChI is InChI=1S/C22H26N2O6/c1-6-7-24-14(2)8-19(15(24)3)20(25)13-30-21(26)12-23-22(27)16-9-17(28-4)11-18(10-16)29-5/h6,8-11H,1,7,12-13H2,2-5H3,(H,23,27). The summed E-state index contributed by atoms with van der Waals surface area (Å²) in [6.07, 6.45) is 1.74. The normalized spacial score (nSPS) is 10.3. The van der Waals surface area contributed by atoms with E-state index in [2.05, 4.69) is 11.9 Å². The highest BCUT2D eigenvalue weighted by molar-refractivity contribution is 6.00. The van der Waals surface area contributed by atoms with Crippen molar-refractivity contribution in [3.8, 4) is 11.5 Å². The molecule has 0 bridgehead atoms. The number of nitrogens with zero attached hydrogens (tertiary/aromatic N) is 1.